The van der Waals surface area contributed by atoms with Gasteiger partial charge in [-0.05, 0) is 37.6 Å². The number of likely N-dealkylation sites (tertiary alicyclic amines) is 1. The lowest BCUT2D eigenvalue weighted by molar-refractivity contribution is 0.0152. The van der Waals surface area contributed by atoms with Gasteiger partial charge in [-0.2, -0.15) is 5.26 Å². The van der Waals surface area contributed by atoms with Crippen molar-refractivity contribution in [3.05, 3.63) is 64.2 Å². The number of ether oxygens (including phenoxy) is 1. The molecule has 0 N–H and O–H groups in total. The smallest absolute Gasteiger partial charge is 0.254 e. The molecular weight excluding hydrogens is 436 g/mol. The van der Waals surface area contributed by atoms with E-state index in [1.54, 1.807) is 42.5 Å². The molecule has 0 radical (unpaired) electrons. The highest BCUT2D eigenvalue weighted by Gasteiger charge is 2.37. The molecule has 1 fully saturated rings. The van der Waals surface area contributed by atoms with E-state index in [4.69, 9.17) is 21.6 Å². The van der Waals surface area contributed by atoms with Crippen LogP contribution >= 0.6 is 11.6 Å². The minimum absolute atomic E-state index is 0.00127. The predicted octanol–water partition coefficient (Wildman–Crippen LogP) is 6.29. The van der Waals surface area contributed by atoms with Gasteiger partial charge in [-0.3, -0.25) is 9.59 Å². The molecule has 1 aliphatic heterocycles. The maximum absolute atomic E-state index is 13.4. The van der Waals surface area contributed by atoms with Gasteiger partial charge in [0.2, 0.25) is 0 Å². The van der Waals surface area contributed by atoms with Gasteiger partial charge < -0.3 is 9.64 Å². The maximum Gasteiger partial charge on any atom is 0.254 e. The Balaban J connectivity index is 1.75. The second-order valence-corrected chi connectivity index (χ2v) is 9.47. The van der Waals surface area contributed by atoms with Crippen molar-refractivity contribution in [3.8, 4) is 11.8 Å². The van der Waals surface area contributed by atoms with Crippen molar-refractivity contribution in [3.63, 3.8) is 0 Å². The average molecular weight is 467 g/mol. The summed E-state index contributed by atoms with van der Waals surface area (Å²) in [6.45, 7) is 7.91. The lowest BCUT2D eigenvalue weighted by atomic mass is 9.90. The highest BCUT2D eigenvalue weighted by Crippen LogP contribution is 2.32. The molecule has 1 aliphatic rings. The van der Waals surface area contributed by atoms with E-state index in [2.05, 4.69) is 19.9 Å². The summed E-state index contributed by atoms with van der Waals surface area (Å²) in [4.78, 5) is 27.6. The van der Waals surface area contributed by atoms with E-state index in [0.29, 0.717) is 33.9 Å². The number of ketones is 1. The lowest BCUT2D eigenvalue weighted by Gasteiger charge is -2.44. The zero-order chi connectivity index (χ0) is 24.1. The van der Waals surface area contributed by atoms with Crippen LogP contribution in [0.4, 0.5) is 0 Å². The quantitative estimate of drug-likeness (QED) is 0.449. The molecule has 1 amide bonds. The largest absolute Gasteiger partial charge is 0.490 e. The van der Waals surface area contributed by atoms with Gasteiger partial charge >= 0.3 is 0 Å². The van der Waals surface area contributed by atoms with Crippen molar-refractivity contribution < 1.29 is 14.3 Å². The minimum Gasteiger partial charge on any atom is -0.490 e. The Kier molecular flexibility index (Phi) is 8.15. The molecule has 6 heteroatoms. The molecular formula is C27H31ClN2O3. The number of amides is 1. The number of hydrogen-bond acceptors (Lipinski definition) is 4. The Morgan fingerprint density at radius 1 is 1.15 bits per heavy atom. The SMILES string of the molecule is CCCC1CC(Oc2ccc(C#N)c(Cl)c2)CC(C)N1C(=O)c1ccc(C(=O)C(C)C)cc1. The standard InChI is InChI=1S/C27H31ClN2O3/c1-5-6-22-14-24(33-23-12-11-21(16-29)25(28)15-23)13-18(4)30(22)27(32)20-9-7-19(8-10-20)26(31)17(2)3/h7-12,15,17-18,22,24H,5-6,13-14H2,1-4H3. The summed E-state index contributed by atoms with van der Waals surface area (Å²) in [5.74, 6) is 0.624. The van der Waals surface area contributed by atoms with Crippen LogP contribution < -0.4 is 4.74 Å². The van der Waals surface area contributed by atoms with E-state index in [9.17, 15) is 9.59 Å². The number of hydrogen-bond donors (Lipinski definition) is 0. The van der Waals surface area contributed by atoms with Crippen LogP contribution in [0.3, 0.4) is 0 Å². The van der Waals surface area contributed by atoms with E-state index in [1.165, 1.54) is 0 Å². The second kappa shape index (κ2) is 10.9. The van der Waals surface area contributed by atoms with Crippen molar-refractivity contribution in [2.45, 2.75) is 71.6 Å². The molecule has 2 aromatic rings. The third kappa shape index (κ3) is 5.75. The summed E-state index contributed by atoms with van der Waals surface area (Å²) in [7, 11) is 0. The van der Waals surface area contributed by atoms with Gasteiger partial charge in [-0.15, -0.1) is 0 Å². The Morgan fingerprint density at radius 2 is 1.82 bits per heavy atom. The van der Waals surface area contributed by atoms with Crippen LogP contribution in [0.25, 0.3) is 0 Å². The Hall–Kier alpha value is -2.84. The molecule has 33 heavy (non-hydrogen) atoms. The number of carbonyl (C=O) groups is 2. The van der Waals surface area contributed by atoms with Gasteiger partial charge in [0, 0.05) is 48.0 Å². The van der Waals surface area contributed by atoms with Crippen LogP contribution in [-0.4, -0.2) is 34.8 Å². The van der Waals surface area contributed by atoms with Crippen LogP contribution in [-0.2, 0) is 0 Å². The molecule has 3 rings (SSSR count). The van der Waals surface area contributed by atoms with Crippen LogP contribution in [0.5, 0.6) is 5.75 Å². The second-order valence-electron chi connectivity index (χ2n) is 9.06. The van der Waals surface area contributed by atoms with Crippen molar-refractivity contribution in [2.75, 3.05) is 0 Å². The maximum atomic E-state index is 13.4. The fourth-order valence-corrected chi connectivity index (χ4v) is 4.74. The topological polar surface area (TPSA) is 70.4 Å². The van der Waals surface area contributed by atoms with E-state index >= 15 is 0 Å². The van der Waals surface area contributed by atoms with Gasteiger partial charge in [0.1, 0.15) is 17.9 Å². The van der Waals surface area contributed by atoms with Crippen molar-refractivity contribution in [1.29, 1.82) is 5.26 Å². The molecule has 1 heterocycles. The van der Waals surface area contributed by atoms with Gasteiger partial charge in [-0.25, -0.2) is 0 Å². The van der Waals surface area contributed by atoms with Crippen LogP contribution in [0.15, 0.2) is 42.5 Å². The molecule has 1 saturated heterocycles. The number of benzene rings is 2. The summed E-state index contributed by atoms with van der Waals surface area (Å²) in [6, 6.07) is 14.2. The molecule has 0 aromatic heterocycles. The van der Waals surface area contributed by atoms with Crippen molar-refractivity contribution >= 4 is 23.3 Å². The first kappa shape index (κ1) is 24.8. The monoisotopic (exact) mass is 466 g/mol. The lowest BCUT2D eigenvalue weighted by Crippen LogP contribution is -2.53. The zero-order valence-corrected chi connectivity index (χ0v) is 20.4. The van der Waals surface area contributed by atoms with Gasteiger partial charge in [0.25, 0.3) is 5.91 Å². The summed E-state index contributed by atoms with van der Waals surface area (Å²) >= 11 is 6.16. The van der Waals surface area contributed by atoms with Crippen molar-refractivity contribution in [1.82, 2.24) is 4.90 Å². The molecule has 3 atom stereocenters. The average Bonchev–Trinajstić information content (AvgIpc) is 2.78. The normalized spacial score (nSPS) is 20.4. The third-order valence-corrected chi connectivity index (χ3v) is 6.48. The Bertz CT molecular complexity index is 1040. The van der Waals surface area contributed by atoms with E-state index < -0.39 is 0 Å². The molecule has 0 spiro atoms. The van der Waals surface area contributed by atoms with Crippen molar-refractivity contribution in [2.24, 2.45) is 5.92 Å². The summed E-state index contributed by atoms with van der Waals surface area (Å²) in [5, 5.41) is 9.45. The predicted molar refractivity (Wildman–Crippen MR) is 130 cm³/mol. The summed E-state index contributed by atoms with van der Waals surface area (Å²) in [5.41, 5.74) is 1.65. The number of piperidine rings is 1. The highest BCUT2D eigenvalue weighted by molar-refractivity contribution is 6.31. The molecule has 174 valence electrons. The van der Waals surface area contributed by atoms with Crippen LogP contribution in [0.2, 0.25) is 5.02 Å². The zero-order valence-electron chi connectivity index (χ0n) is 19.7. The number of nitriles is 1. The fraction of sp³-hybridized carbons (Fsp3) is 0.444. The first-order chi connectivity index (χ1) is 15.7. The Labute approximate surface area is 201 Å². The third-order valence-electron chi connectivity index (χ3n) is 6.17. The fourth-order valence-electron chi connectivity index (χ4n) is 4.53. The van der Waals surface area contributed by atoms with Crippen LogP contribution in [0.1, 0.15) is 79.7 Å². The molecule has 0 aliphatic carbocycles. The molecule has 0 bridgehead atoms. The molecule has 3 unspecified atom stereocenters. The Morgan fingerprint density at radius 3 is 2.39 bits per heavy atom. The van der Waals surface area contributed by atoms with E-state index in [0.717, 1.165) is 19.3 Å². The number of halogens is 1. The summed E-state index contributed by atoms with van der Waals surface area (Å²) < 4.78 is 6.21. The van der Waals surface area contributed by atoms with Crippen LogP contribution in [0, 0.1) is 17.2 Å². The highest BCUT2D eigenvalue weighted by atomic mass is 35.5. The minimum atomic E-state index is -0.0782. The number of Topliss-reactive ketones (excluding diaryl/α,β-unsaturated/α-hetero) is 1. The summed E-state index contributed by atoms with van der Waals surface area (Å²) in [6.07, 6.45) is 3.22. The first-order valence-electron chi connectivity index (χ1n) is 11.6. The van der Waals surface area contributed by atoms with E-state index in [-0.39, 0.29) is 35.8 Å². The molecule has 5 nitrogen and oxygen atoms in total. The number of carbonyl (C=O) groups excluding carboxylic acids is 2. The first-order valence-corrected chi connectivity index (χ1v) is 12.0. The van der Waals surface area contributed by atoms with Gasteiger partial charge in [-0.1, -0.05) is 50.9 Å². The van der Waals surface area contributed by atoms with Gasteiger partial charge in [0.05, 0.1) is 10.6 Å². The molecule has 2 aromatic carbocycles. The van der Waals surface area contributed by atoms with E-state index in [1.807, 2.05) is 18.7 Å². The molecule has 0 saturated carbocycles. The van der Waals surface area contributed by atoms with Gasteiger partial charge in [0.15, 0.2) is 5.78 Å². The number of rotatable bonds is 7. The number of nitrogens with zero attached hydrogens (tertiary/aromatic N) is 2.